The summed E-state index contributed by atoms with van der Waals surface area (Å²) in [5, 5.41) is 21.7. The Morgan fingerprint density at radius 2 is 1.76 bits per heavy atom. The van der Waals surface area contributed by atoms with E-state index in [0.717, 1.165) is 11.1 Å². The van der Waals surface area contributed by atoms with E-state index in [2.05, 4.69) is 20.5 Å². The first-order chi connectivity index (χ1) is 18.2. The fraction of sp³-hybridized carbons (Fsp3) is 0.241. The van der Waals surface area contributed by atoms with Crippen molar-refractivity contribution in [2.75, 3.05) is 0 Å². The van der Waals surface area contributed by atoms with Crippen molar-refractivity contribution in [3.05, 3.63) is 95.3 Å². The van der Waals surface area contributed by atoms with Gasteiger partial charge in [-0.1, -0.05) is 60.1 Å². The number of H-pyrrole nitrogens is 1. The minimum Gasteiger partial charge on any atom is -0.461 e. The maximum absolute atomic E-state index is 13.1. The van der Waals surface area contributed by atoms with Gasteiger partial charge in [0.15, 0.2) is 5.60 Å². The lowest BCUT2D eigenvalue weighted by atomic mass is 9.86. The number of benzene rings is 2. The van der Waals surface area contributed by atoms with Crippen LogP contribution in [0.4, 0.5) is 0 Å². The molecule has 3 N–H and O–H groups in total. The molecule has 9 heteroatoms. The first-order valence-electron chi connectivity index (χ1n) is 12.2. The van der Waals surface area contributed by atoms with Crippen molar-refractivity contribution in [2.45, 2.75) is 44.9 Å². The molecule has 2 aromatic heterocycles. The van der Waals surface area contributed by atoms with E-state index in [1.165, 1.54) is 0 Å². The van der Waals surface area contributed by atoms with E-state index in [9.17, 15) is 14.7 Å². The minimum atomic E-state index is -2.05. The van der Waals surface area contributed by atoms with Crippen LogP contribution in [0.25, 0.3) is 22.5 Å². The average molecular weight is 533 g/mol. The highest BCUT2D eigenvalue weighted by Crippen LogP contribution is 2.35. The second kappa shape index (κ2) is 11.6. The SMILES string of the molecule is CC(CC(O)(C(=O)OC(C)C)c1ccc(-c2ccccc2)c(Cl)c1)NC(=O)c1cc(-c2ccccn2)n[nH]1. The molecule has 2 heterocycles. The highest BCUT2D eigenvalue weighted by Gasteiger charge is 2.42. The van der Waals surface area contributed by atoms with Gasteiger partial charge in [-0.2, -0.15) is 5.10 Å². The fourth-order valence-electron chi connectivity index (χ4n) is 4.13. The zero-order valence-corrected chi connectivity index (χ0v) is 22.1. The summed E-state index contributed by atoms with van der Waals surface area (Å²) in [6.07, 6.45) is 1.04. The van der Waals surface area contributed by atoms with Crippen LogP contribution in [0, 0.1) is 0 Å². The lowest BCUT2D eigenvalue weighted by molar-refractivity contribution is -0.172. The first kappa shape index (κ1) is 27.0. The Hall–Kier alpha value is -4.01. The van der Waals surface area contributed by atoms with E-state index in [1.54, 1.807) is 63.4 Å². The molecule has 196 valence electrons. The summed E-state index contributed by atoms with van der Waals surface area (Å²) in [5.41, 5.74) is 1.26. The summed E-state index contributed by atoms with van der Waals surface area (Å²) in [4.78, 5) is 30.3. The van der Waals surface area contributed by atoms with Gasteiger partial charge in [-0.05, 0) is 56.2 Å². The van der Waals surface area contributed by atoms with Gasteiger partial charge in [0.2, 0.25) is 0 Å². The number of aliphatic hydroxyl groups is 1. The molecule has 1 amide bonds. The Labute approximate surface area is 226 Å². The number of pyridine rings is 1. The quantitative estimate of drug-likeness (QED) is 0.257. The zero-order chi connectivity index (χ0) is 27.3. The van der Waals surface area contributed by atoms with Gasteiger partial charge in [-0.15, -0.1) is 0 Å². The molecule has 2 atom stereocenters. The van der Waals surface area contributed by atoms with Crippen molar-refractivity contribution < 1.29 is 19.4 Å². The molecule has 0 saturated heterocycles. The molecule has 38 heavy (non-hydrogen) atoms. The van der Waals surface area contributed by atoms with Gasteiger partial charge in [-0.3, -0.25) is 14.9 Å². The van der Waals surface area contributed by atoms with Gasteiger partial charge in [0.1, 0.15) is 11.4 Å². The Bertz CT molecular complexity index is 1410. The number of ether oxygens (including phenoxy) is 1. The van der Waals surface area contributed by atoms with Crippen molar-refractivity contribution >= 4 is 23.5 Å². The number of halogens is 1. The molecule has 0 saturated carbocycles. The summed E-state index contributed by atoms with van der Waals surface area (Å²) in [6, 6.07) is 20.9. The van der Waals surface area contributed by atoms with Gasteiger partial charge in [-0.25, -0.2) is 4.79 Å². The van der Waals surface area contributed by atoms with E-state index in [-0.39, 0.29) is 17.7 Å². The standard InChI is InChI=1S/C29H29ClN4O4/c1-18(2)38-28(36)29(37,21-12-13-22(23(30)15-21)20-9-5-4-6-10-20)17-19(3)32-27(35)26-16-25(33-34-26)24-11-7-8-14-31-24/h4-16,18-19,37H,17H2,1-3H3,(H,32,35)(H,33,34). The number of esters is 1. The van der Waals surface area contributed by atoms with E-state index in [4.69, 9.17) is 16.3 Å². The number of rotatable bonds is 9. The van der Waals surface area contributed by atoms with E-state index in [1.807, 2.05) is 36.4 Å². The number of hydrogen-bond donors (Lipinski definition) is 3. The van der Waals surface area contributed by atoms with Crippen LogP contribution in [-0.2, 0) is 15.1 Å². The number of aromatic nitrogens is 3. The Morgan fingerprint density at radius 1 is 1.03 bits per heavy atom. The van der Waals surface area contributed by atoms with Crippen LogP contribution in [0.15, 0.2) is 79.0 Å². The fourth-order valence-corrected chi connectivity index (χ4v) is 4.42. The van der Waals surface area contributed by atoms with Crippen molar-refractivity contribution in [2.24, 2.45) is 0 Å². The van der Waals surface area contributed by atoms with Gasteiger partial charge in [0.05, 0.1) is 11.8 Å². The highest BCUT2D eigenvalue weighted by molar-refractivity contribution is 6.33. The molecule has 0 aliphatic rings. The lowest BCUT2D eigenvalue weighted by Gasteiger charge is -2.30. The van der Waals surface area contributed by atoms with Crippen LogP contribution in [0.3, 0.4) is 0 Å². The van der Waals surface area contributed by atoms with E-state index in [0.29, 0.717) is 16.4 Å². The van der Waals surface area contributed by atoms with Crippen LogP contribution in [0.5, 0.6) is 0 Å². The minimum absolute atomic E-state index is 0.146. The molecule has 0 bridgehead atoms. The Morgan fingerprint density at radius 3 is 2.42 bits per heavy atom. The molecule has 0 aliphatic heterocycles. The molecule has 2 unspecified atom stereocenters. The third kappa shape index (κ3) is 6.10. The van der Waals surface area contributed by atoms with Gasteiger partial charge in [0.25, 0.3) is 5.91 Å². The summed E-state index contributed by atoms with van der Waals surface area (Å²) in [5.74, 6) is -1.26. The van der Waals surface area contributed by atoms with Gasteiger partial charge < -0.3 is 15.2 Å². The number of amides is 1. The molecular formula is C29H29ClN4O4. The molecular weight excluding hydrogens is 504 g/mol. The van der Waals surface area contributed by atoms with Crippen LogP contribution in [-0.4, -0.2) is 44.3 Å². The van der Waals surface area contributed by atoms with Gasteiger partial charge >= 0.3 is 5.97 Å². The largest absolute Gasteiger partial charge is 0.461 e. The number of nitrogens with one attached hydrogen (secondary N) is 2. The van der Waals surface area contributed by atoms with Crippen molar-refractivity contribution in [1.29, 1.82) is 0 Å². The second-order valence-electron chi connectivity index (χ2n) is 9.34. The third-order valence-corrected chi connectivity index (χ3v) is 6.25. The highest BCUT2D eigenvalue weighted by atomic mass is 35.5. The number of hydrogen-bond acceptors (Lipinski definition) is 6. The lowest BCUT2D eigenvalue weighted by Crippen LogP contribution is -2.45. The summed E-state index contributed by atoms with van der Waals surface area (Å²) < 4.78 is 5.40. The predicted octanol–water partition coefficient (Wildman–Crippen LogP) is 5.14. The van der Waals surface area contributed by atoms with E-state index < -0.39 is 29.6 Å². The van der Waals surface area contributed by atoms with Crippen molar-refractivity contribution in [3.8, 4) is 22.5 Å². The number of carbonyl (C=O) groups excluding carboxylic acids is 2. The summed E-state index contributed by atoms with van der Waals surface area (Å²) in [6.45, 7) is 5.10. The molecule has 8 nitrogen and oxygen atoms in total. The van der Waals surface area contributed by atoms with Crippen molar-refractivity contribution in [3.63, 3.8) is 0 Å². The number of aromatic amines is 1. The maximum Gasteiger partial charge on any atom is 0.343 e. The van der Waals surface area contributed by atoms with Crippen LogP contribution >= 0.6 is 11.6 Å². The average Bonchev–Trinajstić information content (AvgIpc) is 3.40. The zero-order valence-electron chi connectivity index (χ0n) is 21.3. The molecule has 0 aliphatic carbocycles. The summed E-state index contributed by atoms with van der Waals surface area (Å²) >= 11 is 6.58. The topological polar surface area (TPSA) is 117 Å². The van der Waals surface area contributed by atoms with E-state index >= 15 is 0 Å². The van der Waals surface area contributed by atoms with Crippen LogP contribution in [0.1, 0.15) is 43.2 Å². The molecule has 4 aromatic rings. The maximum atomic E-state index is 13.1. The molecule has 0 radical (unpaired) electrons. The molecule has 2 aromatic carbocycles. The first-order valence-corrected chi connectivity index (χ1v) is 12.6. The molecule has 4 rings (SSSR count). The van der Waals surface area contributed by atoms with Gasteiger partial charge in [0, 0.05) is 29.2 Å². The molecule has 0 fully saturated rings. The Balaban J connectivity index is 1.55. The number of carbonyl (C=O) groups is 2. The van der Waals surface area contributed by atoms with Crippen LogP contribution < -0.4 is 5.32 Å². The molecule has 0 spiro atoms. The predicted molar refractivity (Wildman–Crippen MR) is 145 cm³/mol. The summed E-state index contributed by atoms with van der Waals surface area (Å²) in [7, 11) is 0. The third-order valence-electron chi connectivity index (χ3n) is 5.94. The normalized spacial score (nSPS) is 13.5. The van der Waals surface area contributed by atoms with Crippen molar-refractivity contribution in [1.82, 2.24) is 20.5 Å². The smallest absolute Gasteiger partial charge is 0.343 e. The Kier molecular flexibility index (Phi) is 8.24. The van der Waals surface area contributed by atoms with Crippen LogP contribution in [0.2, 0.25) is 5.02 Å². The number of nitrogens with zero attached hydrogens (tertiary/aromatic N) is 2. The second-order valence-corrected chi connectivity index (χ2v) is 9.74. The monoisotopic (exact) mass is 532 g/mol.